The molecule has 1 heterocycles. The molecular formula is C22H20N4O4S. The van der Waals surface area contributed by atoms with Crippen molar-refractivity contribution in [2.75, 3.05) is 20.0 Å². The van der Waals surface area contributed by atoms with Gasteiger partial charge in [-0.15, -0.1) is 5.10 Å². The standard InChI is InChI=1S/C22H20N4O4S/c1-29-19-7-5-8-20(30-2)22(19)26-14-18(24-25-26)17-6-3-4-9-21(17)31(27,28)16-12-10-15(23)11-13-16/h3-14H,23H2,1-2H3. The summed E-state index contributed by atoms with van der Waals surface area (Å²) in [6.07, 6.45) is 1.64. The van der Waals surface area contributed by atoms with Gasteiger partial charge >= 0.3 is 0 Å². The predicted octanol–water partition coefficient (Wildman–Crippen LogP) is 3.37. The molecule has 0 fully saturated rings. The van der Waals surface area contributed by atoms with Gasteiger partial charge in [0.15, 0.2) is 5.69 Å². The highest BCUT2D eigenvalue weighted by Crippen LogP contribution is 2.34. The molecule has 0 aliphatic carbocycles. The lowest BCUT2D eigenvalue weighted by molar-refractivity contribution is 0.388. The second kappa shape index (κ2) is 8.11. The molecule has 31 heavy (non-hydrogen) atoms. The third-order valence-electron chi connectivity index (χ3n) is 4.77. The van der Waals surface area contributed by atoms with Crippen molar-refractivity contribution in [2.24, 2.45) is 0 Å². The van der Waals surface area contributed by atoms with E-state index in [4.69, 9.17) is 15.2 Å². The van der Waals surface area contributed by atoms with Crippen LogP contribution in [0, 0.1) is 0 Å². The number of rotatable bonds is 6. The Bertz CT molecular complexity index is 1310. The molecule has 0 saturated heterocycles. The second-order valence-electron chi connectivity index (χ2n) is 6.63. The number of sulfone groups is 1. The molecule has 4 aromatic rings. The normalized spacial score (nSPS) is 11.3. The number of nitrogen functional groups attached to an aromatic ring is 1. The summed E-state index contributed by atoms with van der Waals surface area (Å²) < 4.78 is 38.9. The smallest absolute Gasteiger partial charge is 0.207 e. The minimum absolute atomic E-state index is 0.124. The van der Waals surface area contributed by atoms with Crippen molar-refractivity contribution in [2.45, 2.75) is 9.79 Å². The molecule has 0 bridgehead atoms. The van der Waals surface area contributed by atoms with Crippen LogP contribution in [0.15, 0.2) is 82.7 Å². The summed E-state index contributed by atoms with van der Waals surface area (Å²) in [6, 6.07) is 18.1. The maximum atomic E-state index is 13.3. The van der Waals surface area contributed by atoms with Crippen LogP contribution >= 0.6 is 0 Å². The van der Waals surface area contributed by atoms with Crippen LogP contribution in [0.4, 0.5) is 5.69 Å². The molecule has 3 aromatic carbocycles. The number of para-hydroxylation sites is 1. The van der Waals surface area contributed by atoms with Crippen molar-refractivity contribution < 1.29 is 17.9 Å². The number of aromatic nitrogens is 3. The summed E-state index contributed by atoms with van der Waals surface area (Å²) >= 11 is 0. The number of nitrogens with zero attached hydrogens (tertiary/aromatic N) is 3. The quantitative estimate of drug-likeness (QED) is 0.462. The number of nitrogens with two attached hydrogens (primary N) is 1. The fraction of sp³-hybridized carbons (Fsp3) is 0.0909. The zero-order valence-electron chi connectivity index (χ0n) is 16.9. The molecule has 0 radical (unpaired) electrons. The van der Waals surface area contributed by atoms with Crippen LogP contribution in [0.1, 0.15) is 0 Å². The number of anilines is 1. The highest BCUT2D eigenvalue weighted by Gasteiger charge is 2.24. The number of methoxy groups -OCH3 is 2. The Morgan fingerprint density at radius 2 is 1.52 bits per heavy atom. The zero-order valence-corrected chi connectivity index (χ0v) is 17.7. The maximum Gasteiger partial charge on any atom is 0.207 e. The molecule has 9 heteroatoms. The summed E-state index contributed by atoms with van der Waals surface area (Å²) in [5.41, 5.74) is 7.57. The molecule has 0 spiro atoms. The monoisotopic (exact) mass is 436 g/mol. The second-order valence-corrected chi connectivity index (χ2v) is 8.55. The Morgan fingerprint density at radius 1 is 0.871 bits per heavy atom. The van der Waals surface area contributed by atoms with E-state index in [1.165, 1.54) is 16.8 Å². The average molecular weight is 436 g/mol. The summed E-state index contributed by atoms with van der Waals surface area (Å²) in [6.45, 7) is 0. The first kappa shape index (κ1) is 20.4. The topological polar surface area (TPSA) is 109 Å². The van der Waals surface area contributed by atoms with Crippen molar-refractivity contribution in [3.05, 3.63) is 72.9 Å². The lowest BCUT2D eigenvalue weighted by Crippen LogP contribution is -2.04. The molecule has 158 valence electrons. The van der Waals surface area contributed by atoms with Crippen LogP contribution < -0.4 is 15.2 Å². The van der Waals surface area contributed by atoms with Crippen LogP contribution in [0.3, 0.4) is 0 Å². The van der Waals surface area contributed by atoms with E-state index in [2.05, 4.69) is 10.3 Å². The van der Waals surface area contributed by atoms with E-state index >= 15 is 0 Å². The van der Waals surface area contributed by atoms with Gasteiger partial charge in [-0.05, 0) is 42.5 Å². The first-order chi connectivity index (χ1) is 15.0. The molecule has 8 nitrogen and oxygen atoms in total. The van der Waals surface area contributed by atoms with Crippen LogP contribution in [0.25, 0.3) is 16.9 Å². The van der Waals surface area contributed by atoms with Gasteiger partial charge in [0, 0.05) is 11.3 Å². The summed E-state index contributed by atoms with van der Waals surface area (Å²) in [7, 11) is -0.705. The van der Waals surface area contributed by atoms with Crippen molar-refractivity contribution in [1.82, 2.24) is 15.0 Å². The van der Waals surface area contributed by atoms with E-state index in [9.17, 15) is 8.42 Å². The predicted molar refractivity (Wildman–Crippen MR) is 116 cm³/mol. The van der Waals surface area contributed by atoms with E-state index in [0.717, 1.165) is 0 Å². The SMILES string of the molecule is COc1cccc(OC)c1-n1cc(-c2ccccc2S(=O)(=O)c2ccc(N)cc2)nn1. The van der Waals surface area contributed by atoms with Gasteiger partial charge in [0.05, 0.1) is 30.2 Å². The van der Waals surface area contributed by atoms with Gasteiger partial charge in [-0.2, -0.15) is 0 Å². The molecule has 0 aliphatic heterocycles. The molecule has 1 aromatic heterocycles. The summed E-state index contributed by atoms with van der Waals surface area (Å²) in [4.78, 5) is 0.270. The molecule has 0 unspecified atom stereocenters. The van der Waals surface area contributed by atoms with E-state index in [-0.39, 0.29) is 9.79 Å². The van der Waals surface area contributed by atoms with Gasteiger partial charge in [0.1, 0.15) is 17.2 Å². The van der Waals surface area contributed by atoms with Crippen molar-refractivity contribution >= 4 is 15.5 Å². The van der Waals surface area contributed by atoms with Crippen LogP contribution in [0.2, 0.25) is 0 Å². The van der Waals surface area contributed by atoms with Gasteiger partial charge in [0.25, 0.3) is 0 Å². The Hall–Kier alpha value is -3.85. The molecule has 0 amide bonds. The average Bonchev–Trinajstić information content (AvgIpc) is 3.28. The molecule has 0 saturated carbocycles. The Morgan fingerprint density at radius 3 is 2.16 bits per heavy atom. The van der Waals surface area contributed by atoms with Crippen molar-refractivity contribution in [3.8, 4) is 28.4 Å². The van der Waals surface area contributed by atoms with Crippen molar-refractivity contribution in [3.63, 3.8) is 0 Å². The Kier molecular flexibility index (Phi) is 5.35. The lowest BCUT2D eigenvalue weighted by atomic mass is 10.2. The minimum Gasteiger partial charge on any atom is -0.494 e. The number of hydrogen-bond acceptors (Lipinski definition) is 7. The third-order valence-corrected chi connectivity index (χ3v) is 6.60. The first-order valence-corrected chi connectivity index (χ1v) is 10.8. The fourth-order valence-corrected chi connectivity index (χ4v) is 4.71. The number of ether oxygens (including phenoxy) is 2. The highest BCUT2D eigenvalue weighted by atomic mass is 32.2. The first-order valence-electron chi connectivity index (χ1n) is 9.29. The maximum absolute atomic E-state index is 13.3. The largest absolute Gasteiger partial charge is 0.494 e. The molecule has 4 rings (SSSR count). The highest BCUT2D eigenvalue weighted by molar-refractivity contribution is 7.91. The summed E-state index contributed by atoms with van der Waals surface area (Å²) in [5, 5.41) is 8.40. The molecule has 0 atom stereocenters. The van der Waals surface area contributed by atoms with Gasteiger partial charge in [-0.1, -0.05) is 29.5 Å². The summed E-state index contributed by atoms with van der Waals surface area (Å²) in [5.74, 6) is 1.08. The molecule has 2 N–H and O–H groups in total. The van der Waals surface area contributed by atoms with Gasteiger partial charge in [-0.25, -0.2) is 13.1 Å². The third kappa shape index (κ3) is 3.71. The molecular weight excluding hydrogens is 416 g/mol. The van der Waals surface area contributed by atoms with E-state index < -0.39 is 9.84 Å². The van der Waals surface area contributed by atoms with E-state index in [1.807, 2.05) is 0 Å². The minimum atomic E-state index is -3.80. The van der Waals surface area contributed by atoms with E-state index in [1.54, 1.807) is 75.0 Å². The fourth-order valence-electron chi connectivity index (χ4n) is 3.24. The zero-order chi connectivity index (χ0) is 22.0. The molecule has 0 aliphatic rings. The van der Waals surface area contributed by atoms with Crippen LogP contribution in [0.5, 0.6) is 11.5 Å². The van der Waals surface area contributed by atoms with Crippen LogP contribution in [-0.2, 0) is 9.84 Å². The van der Waals surface area contributed by atoms with Gasteiger partial charge in [0.2, 0.25) is 9.84 Å². The van der Waals surface area contributed by atoms with E-state index in [0.29, 0.717) is 34.1 Å². The van der Waals surface area contributed by atoms with Crippen molar-refractivity contribution in [1.29, 1.82) is 0 Å². The lowest BCUT2D eigenvalue weighted by Gasteiger charge is -2.12. The number of benzene rings is 3. The Balaban J connectivity index is 1.83. The Labute approximate surface area is 179 Å². The van der Waals surface area contributed by atoms with Gasteiger partial charge in [-0.3, -0.25) is 0 Å². The number of hydrogen-bond donors (Lipinski definition) is 1. The van der Waals surface area contributed by atoms with Crippen LogP contribution in [-0.4, -0.2) is 37.6 Å². The van der Waals surface area contributed by atoms with Gasteiger partial charge < -0.3 is 15.2 Å².